The van der Waals surface area contributed by atoms with Gasteiger partial charge in [-0.15, -0.1) is 6.58 Å². The lowest BCUT2D eigenvalue weighted by Crippen LogP contribution is -2.19. The van der Waals surface area contributed by atoms with E-state index in [1.54, 1.807) is 5.06 Å². The van der Waals surface area contributed by atoms with E-state index in [1.165, 1.54) is 0 Å². The highest BCUT2D eigenvalue weighted by atomic mass is 16.7. The number of allylic oxidation sites excluding steroid dienone is 1. The Kier molecular flexibility index (Phi) is 5.68. The summed E-state index contributed by atoms with van der Waals surface area (Å²) >= 11 is 0. The summed E-state index contributed by atoms with van der Waals surface area (Å²) in [6.45, 7) is 10.3. The fraction of sp³-hybridized carbons (Fsp3) is 0.600. The summed E-state index contributed by atoms with van der Waals surface area (Å²) in [5.74, 6) is 0.393. The number of hydroxylamine groups is 2. The lowest BCUT2D eigenvalue weighted by atomic mass is 9.99. The first kappa shape index (κ1) is 11.4. The molecule has 12 heavy (non-hydrogen) atoms. The van der Waals surface area contributed by atoms with Crippen molar-refractivity contribution in [1.82, 2.24) is 5.06 Å². The minimum Gasteiger partial charge on any atom is -0.299 e. The molecule has 0 aliphatic rings. The zero-order valence-electron chi connectivity index (χ0n) is 8.34. The third kappa shape index (κ3) is 5.10. The molecule has 0 N–H and O–H groups in total. The van der Waals surface area contributed by atoms with E-state index in [2.05, 4.69) is 13.2 Å². The van der Waals surface area contributed by atoms with Gasteiger partial charge in [-0.05, 0) is 13.3 Å². The highest BCUT2D eigenvalue weighted by molar-refractivity contribution is 4.98. The molecule has 70 valence electrons. The molecule has 2 heteroatoms. The summed E-state index contributed by atoms with van der Waals surface area (Å²) in [5.41, 5.74) is 1.15. The summed E-state index contributed by atoms with van der Waals surface area (Å²) < 4.78 is 0. The van der Waals surface area contributed by atoms with E-state index in [4.69, 9.17) is 4.84 Å². The molecule has 0 aromatic carbocycles. The average Bonchev–Trinajstić information content (AvgIpc) is 1.96. The minimum absolute atomic E-state index is 0.393. The molecule has 0 aliphatic carbocycles. The Balaban J connectivity index is 3.78. The Labute approximate surface area is 75.5 Å². The molecule has 0 saturated carbocycles. The lowest BCUT2D eigenvalue weighted by Gasteiger charge is -2.17. The molecular weight excluding hydrogens is 150 g/mol. The van der Waals surface area contributed by atoms with Gasteiger partial charge in [-0.25, -0.2) is 0 Å². The molecule has 0 aromatic rings. The van der Waals surface area contributed by atoms with Crippen LogP contribution in [0.15, 0.2) is 24.8 Å². The summed E-state index contributed by atoms with van der Waals surface area (Å²) in [7, 11) is 3.76. The van der Waals surface area contributed by atoms with Crippen molar-refractivity contribution < 1.29 is 4.84 Å². The summed E-state index contributed by atoms with van der Waals surface area (Å²) in [6.07, 6.45) is 2.83. The van der Waals surface area contributed by atoms with Gasteiger partial charge in [-0.2, -0.15) is 5.06 Å². The largest absolute Gasteiger partial charge is 0.299 e. The molecule has 0 bridgehead atoms. The van der Waals surface area contributed by atoms with E-state index in [9.17, 15) is 0 Å². The van der Waals surface area contributed by atoms with Gasteiger partial charge in [0.2, 0.25) is 0 Å². The predicted molar refractivity (Wildman–Crippen MR) is 52.8 cm³/mol. The number of nitrogens with zero attached hydrogens (tertiary/aromatic N) is 1. The molecule has 0 amide bonds. The van der Waals surface area contributed by atoms with Crippen LogP contribution in [0.3, 0.4) is 0 Å². The van der Waals surface area contributed by atoms with Gasteiger partial charge >= 0.3 is 0 Å². The van der Waals surface area contributed by atoms with Crippen LogP contribution in [0.2, 0.25) is 0 Å². The maximum atomic E-state index is 5.34. The van der Waals surface area contributed by atoms with Crippen molar-refractivity contribution in [2.24, 2.45) is 5.92 Å². The minimum atomic E-state index is 0.393. The van der Waals surface area contributed by atoms with E-state index >= 15 is 0 Å². The van der Waals surface area contributed by atoms with Gasteiger partial charge in [0.05, 0.1) is 6.61 Å². The van der Waals surface area contributed by atoms with E-state index < -0.39 is 0 Å². The van der Waals surface area contributed by atoms with Gasteiger partial charge in [0, 0.05) is 20.0 Å². The highest BCUT2D eigenvalue weighted by Gasteiger charge is 2.07. The molecule has 2 nitrogen and oxygen atoms in total. The Morgan fingerprint density at radius 3 is 2.50 bits per heavy atom. The van der Waals surface area contributed by atoms with Crippen LogP contribution in [0, 0.1) is 5.92 Å². The van der Waals surface area contributed by atoms with Crippen molar-refractivity contribution in [3.63, 3.8) is 0 Å². The summed E-state index contributed by atoms with van der Waals surface area (Å²) in [6, 6.07) is 0. The molecule has 0 spiro atoms. The number of hydrogen-bond donors (Lipinski definition) is 0. The summed E-state index contributed by atoms with van der Waals surface area (Å²) in [5, 5.41) is 1.71. The Morgan fingerprint density at radius 2 is 2.17 bits per heavy atom. The van der Waals surface area contributed by atoms with Crippen LogP contribution in [0.25, 0.3) is 0 Å². The smallest absolute Gasteiger partial charge is 0.0752 e. The van der Waals surface area contributed by atoms with Crippen LogP contribution < -0.4 is 0 Å². The van der Waals surface area contributed by atoms with Crippen LogP contribution in [-0.2, 0) is 4.84 Å². The van der Waals surface area contributed by atoms with Crippen LogP contribution in [0.4, 0.5) is 0 Å². The second kappa shape index (κ2) is 5.98. The SMILES string of the molecule is C=CCC(CON(C)C)C(=C)C. The second-order valence-corrected chi connectivity index (χ2v) is 3.18. The van der Waals surface area contributed by atoms with Gasteiger partial charge < -0.3 is 0 Å². The quantitative estimate of drug-likeness (QED) is 0.446. The molecule has 0 aromatic heterocycles. The van der Waals surface area contributed by atoms with Crippen LogP contribution in [0.1, 0.15) is 13.3 Å². The van der Waals surface area contributed by atoms with Crippen molar-refractivity contribution >= 4 is 0 Å². The monoisotopic (exact) mass is 169 g/mol. The van der Waals surface area contributed by atoms with Crippen LogP contribution in [0.5, 0.6) is 0 Å². The molecule has 0 saturated heterocycles. The van der Waals surface area contributed by atoms with Crippen LogP contribution >= 0.6 is 0 Å². The normalized spacial score (nSPS) is 13.0. The molecule has 1 unspecified atom stereocenters. The second-order valence-electron chi connectivity index (χ2n) is 3.18. The fourth-order valence-corrected chi connectivity index (χ4v) is 0.852. The van der Waals surface area contributed by atoms with Gasteiger partial charge in [-0.1, -0.05) is 18.2 Å². The zero-order valence-corrected chi connectivity index (χ0v) is 8.34. The van der Waals surface area contributed by atoms with Gasteiger partial charge in [-0.3, -0.25) is 4.84 Å². The molecule has 0 fully saturated rings. The first-order valence-corrected chi connectivity index (χ1v) is 4.14. The van der Waals surface area contributed by atoms with Crippen LogP contribution in [-0.4, -0.2) is 25.8 Å². The highest BCUT2D eigenvalue weighted by Crippen LogP contribution is 2.13. The van der Waals surface area contributed by atoms with Crippen molar-refractivity contribution in [3.05, 3.63) is 24.8 Å². The molecule has 1 atom stereocenters. The third-order valence-corrected chi connectivity index (χ3v) is 1.68. The topological polar surface area (TPSA) is 12.5 Å². The maximum absolute atomic E-state index is 5.34. The predicted octanol–water partition coefficient (Wildman–Crippen LogP) is 2.25. The van der Waals surface area contributed by atoms with E-state index in [0.29, 0.717) is 12.5 Å². The van der Waals surface area contributed by atoms with E-state index in [0.717, 1.165) is 12.0 Å². The van der Waals surface area contributed by atoms with E-state index in [-0.39, 0.29) is 0 Å². The molecular formula is C10H19NO. The Hall–Kier alpha value is -0.600. The summed E-state index contributed by atoms with van der Waals surface area (Å²) in [4.78, 5) is 5.34. The Morgan fingerprint density at radius 1 is 1.58 bits per heavy atom. The van der Waals surface area contributed by atoms with E-state index in [1.807, 2.05) is 27.1 Å². The number of rotatable bonds is 6. The van der Waals surface area contributed by atoms with Gasteiger partial charge in [0.1, 0.15) is 0 Å². The first-order valence-electron chi connectivity index (χ1n) is 4.14. The lowest BCUT2D eigenvalue weighted by molar-refractivity contribution is -0.128. The molecule has 0 aliphatic heterocycles. The molecule has 0 rings (SSSR count). The first-order chi connectivity index (χ1) is 5.57. The van der Waals surface area contributed by atoms with Crippen molar-refractivity contribution in [1.29, 1.82) is 0 Å². The Bertz CT molecular complexity index is 152. The third-order valence-electron chi connectivity index (χ3n) is 1.68. The van der Waals surface area contributed by atoms with Crippen molar-refractivity contribution in [2.45, 2.75) is 13.3 Å². The number of hydrogen-bond acceptors (Lipinski definition) is 2. The molecule has 0 radical (unpaired) electrons. The van der Waals surface area contributed by atoms with Crippen molar-refractivity contribution in [2.75, 3.05) is 20.7 Å². The zero-order chi connectivity index (χ0) is 9.56. The average molecular weight is 169 g/mol. The standard InChI is InChI=1S/C10H19NO/c1-6-7-10(9(2)3)8-12-11(4)5/h6,10H,1-2,7-8H2,3-5H3. The van der Waals surface area contributed by atoms with Gasteiger partial charge in [0.15, 0.2) is 0 Å². The van der Waals surface area contributed by atoms with Gasteiger partial charge in [0.25, 0.3) is 0 Å². The fourth-order valence-electron chi connectivity index (χ4n) is 0.852. The molecule has 0 heterocycles. The maximum Gasteiger partial charge on any atom is 0.0752 e. The van der Waals surface area contributed by atoms with Crippen molar-refractivity contribution in [3.8, 4) is 0 Å².